The number of hydrogen-bond donors (Lipinski definition) is 2. The summed E-state index contributed by atoms with van der Waals surface area (Å²) in [6.45, 7) is 15.1. The molecule has 208 valence electrons. The molecule has 0 aliphatic carbocycles. The number of aromatic nitrogens is 2. The molecule has 0 atom stereocenters. The summed E-state index contributed by atoms with van der Waals surface area (Å²) in [6, 6.07) is 6.15. The lowest BCUT2D eigenvalue weighted by Gasteiger charge is -2.23. The molecule has 2 aliphatic rings. The first-order valence-corrected chi connectivity index (χ1v) is 14.4. The zero-order chi connectivity index (χ0) is 28.2. The van der Waals surface area contributed by atoms with Crippen LogP contribution in [0.15, 0.2) is 70.7 Å². The minimum absolute atomic E-state index is 0.277. The average Bonchev–Trinajstić information content (AvgIpc) is 3.18. The van der Waals surface area contributed by atoms with Gasteiger partial charge in [0, 0.05) is 35.7 Å². The van der Waals surface area contributed by atoms with Crippen LogP contribution in [0.25, 0.3) is 17.0 Å². The van der Waals surface area contributed by atoms with Gasteiger partial charge < -0.3 is 15.6 Å². The summed E-state index contributed by atoms with van der Waals surface area (Å²) in [5, 5.41) is 4.20. The molecule has 2 aliphatic heterocycles. The SMILES string of the molecule is C=C(/C=C\C=C/C)CC.CCCn1c(C2CCNCC2)nc(-c2ccc(C)c(Cl)c2)c1C1=CCC=NC(N)=N1. The lowest BCUT2D eigenvalue weighted by molar-refractivity contribution is 0.429. The summed E-state index contributed by atoms with van der Waals surface area (Å²) in [6.07, 6.45) is 16.8. The van der Waals surface area contributed by atoms with Gasteiger partial charge in [-0.15, -0.1) is 0 Å². The standard InChI is InChI=1S/C23H29ClN6.C9H14/c1-3-13-30-21(19-5-4-10-27-23(25)28-19)20(17-7-6-15(2)18(24)14-17)29-22(30)16-8-11-26-12-9-16;1-4-6-7-8-9(3)5-2/h5-7,10,14,16,26H,3-4,8-9,11-13H2,1-2H3,(H2,25,28);4,6-8H,3,5H2,1-2H3/b;6-4-,8-7-. The van der Waals surface area contributed by atoms with Gasteiger partial charge in [-0.05, 0) is 64.3 Å². The molecule has 1 fully saturated rings. The fourth-order valence-electron chi connectivity index (χ4n) is 4.59. The molecule has 1 saturated heterocycles. The largest absolute Gasteiger partial charge is 0.368 e. The van der Waals surface area contributed by atoms with Crippen molar-refractivity contribution >= 4 is 29.5 Å². The highest BCUT2D eigenvalue weighted by Gasteiger charge is 2.27. The Morgan fingerprint density at radius 3 is 2.67 bits per heavy atom. The van der Waals surface area contributed by atoms with Crippen LogP contribution in [0.1, 0.15) is 75.9 Å². The van der Waals surface area contributed by atoms with Crippen molar-refractivity contribution in [3.05, 3.63) is 82.8 Å². The van der Waals surface area contributed by atoms with Gasteiger partial charge in [0.15, 0.2) is 0 Å². The normalized spacial score (nSPS) is 16.1. The quantitative estimate of drug-likeness (QED) is 0.334. The number of rotatable bonds is 8. The van der Waals surface area contributed by atoms with Crippen molar-refractivity contribution in [1.29, 1.82) is 0 Å². The summed E-state index contributed by atoms with van der Waals surface area (Å²) in [7, 11) is 0. The number of nitrogens with one attached hydrogen (secondary N) is 1. The second-order valence-electron chi connectivity index (χ2n) is 9.81. The number of piperidine rings is 1. The Morgan fingerprint density at radius 1 is 1.23 bits per heavy atom. The predicted octanol–water partition coefficient (Wildman–Crippen LogP) is 7.60. The van der Waals surface area contributed by atoms with Gasteiger partial charge in [-0.3, -0.25) is 0 Å². The third-order valence-corrected chi connectivity index (χ3v) is 7.21. The zero-order valence-electron chi connectivity index (χ0n) is 23.9. The van der Waals surface area contributed by atoms with Gasteiger partial charge in [-0.1, -0.05) is 80.1 Å². The second kappa shape index (κ2) is 15.4. The fraction of sp³-hybridized carbons (Fsp3) is 0.406. The Hall–Kier alpha value is -3.22. The molecule has 4 rings (SSSR count). The van der Waals surface area contributed by atoms with Crippen molar-refractivity contribution in [3.63, 3.8) is 0 Å². The zero-order valence-corrected chi connectivity index (χ0v) is 24.6. The number of allylic oxidation sites excluding steroid dienone is 6. The Labute approximate surface area is 239 Å². The second-order valence-corrected chi connectivity index (χ2v) is 10.2. The number of hydrogen-bond acceptors (Lipinski definition) is 5. The van der Waals surface area contributed by atoms with E-state index in [0.29, 0.717) is 12.3 Å². The highest BCUT2D eigenvalue weighted by atomic mass is 35.5. The van der Waals surface area contributed by atoms with Crippen molar-refractivity contribution in [2.75, 3.05) is 13.1 Å². The van der Waals surface area contributed by atoms with Crippen LogP contribution in [0.2, 0.25) is 5.02 Å². The lowest BCUT2D eigenvalue weighted by Crippen LogP contribution is -2.28. The molecule has 0 amide bonds. The average molecular weight is 547 g/mol. The first-order chi connectivity index (χ1) is 18.9. The minimum Gasteiger partial charge on any atom is -0.368 e. The van der Waals surface area contributed by atoms with Crippen molar-refractivity contribution in [3.8, 4) is 11.3 Å². The van der Waals surface area contributed by atoms with Crippen LogP contribution in [0.5, 0.6) is 0 Å². The smallest absolute Gasteiger partial charge is 0.220 e. The molecule has 0 bridgehead atoms. The summed E-state index contributed by atoms with van der Waals surface area (Å²) < 4.78 is 2.35. The number of nitrogens with two attached hydrogens (primary N) is 1. The number of nitrogens with zero attached hydrogens (tertiary/aromatic N) is 4. The van der Waals surface area contributed by atoms with E-state index < -0.39 is 0 Å². The maximum absolute atomic E-state index is 6.48. The Bertz CT molecular complexity index is 1270. The summed E-state index contributed by atoms with van der Waals surface area (Å²) in [5.74, 6) is 1.84. The van der Waals surface area contributed by atoms with Crippen molar-refractivity contribution in [2.24, 2.45) is 15.7 Å². The molecule has 0 spiro atoms. The topological polar surface area (TPSA) is 80.6 Å². The number of benzene rings is 1. The summed E-state index contributed by atoms with van der Waals surface area (Å²) >= 11 is 6.48. The molecule has 0 radical (unpaired) electrons. The van der Waals surface area contributed by atoms with Gasteiger partial charge >= 0.3 is 0 Å². The lowest BCUT2D eigenvalue weighted by atomic mass is 9.97. The molecule has 0 unspecified atom stereocenters. The van der Waals surface area contributed by atoms with E-state index in [9.17, 15) is 0 Å². The van der Waals surface area contributed by atoms with Gasteiger partial charge in [0.25, 0.3) is 0 Å². The number of halogens is 1. The van der Waals surface area contributed by atoms with Crippen LogP contribution in [-0.4, -0.2) is 34.8 Å². The van der Waals surface area contributed by atoms with Crippen LogP contribution >= 0.6 is 11.6 Å². The molecule has 7 heteroatoms. The van der Waals surface area contributed by atoms with Crippen LogP contribution in [0.4, 0.5) is 0 Å². The van der Waals surface area contributed by atoms with E-state index in [1.165, 1.54) is 5.57 Å². The number of aryl methyl sites for hydroxylation is 1. The molecule has 3 heterocycles. The van der Waals surface area contributed by atoms with Gasteiger partial charge in [-0.2, -0.15) is 0 Å². The first kappa shape index (κ1) is 30.3. The van der Waals surface area contributed by atoms with Crippen LogP contribution in [0.3, 0.4) is 0 Å². The Morgan fingerprint density at radius 2 is 2.00 bits per heavy atom. The van der Waals surface area contributed by atoms with E-state index >= 15 is 0 Å². The molecular weight excluding hydrogens is 504 g/mol. The Balaban J connectivity index is 0.000000403. The van der Waals surface area contributed by atoms with E-state index in [4.69, 9.17) is 22.3 Å². The molecule has 1 aromatic heterocycles. The minimum atomic E-state index is 0.277. The van der Waals surface area contributed by atoms with E-state index in [1.54, 1.807) is 6.21 Å². The van der Waals surface area contributed by atoms with E-state index in [-0.39, 0.29) is 5.96 Å². The summed E-state index contributed by atoms with van der Waals surface area (Å²) in [5.41, 5.74) is 12.0. The molecule has 6 nitrogen and oxygen atoms in total. The number of imidazole rings is 1. The highest BCUT2D eigenvalue weighted by Crippen LogP contribution is 2.37. The number of guanidine groups is 1. The summed E-state index contributed by atoms with van der Waals surface area (Å²) in [4.78, 5) is 14.0. The van der Waals surface area contributed by atoms with Crippen molar-refractivity contribution in [2.45, 2.75) is 72.3 Å². The number of aliphatic imine (C=N–C) groups is 2. The van der Waals surface area contributed by atoms with Crippen molar-refractivity contribution in [1.82, 2.24) is 14.9 Å². The molecule has 1 aromatic carbocycles. The monoisotopic (exact) mass is 546 g/mol. The van der Waals surface area contributed by atoms with Gasteiger partial charge in [-0.25, -0.2) is 15.0 Å². The van der Waals surface area contributed by atoms with Crippen LogP contribution < -0.4 is 11.1 Å². The van der Waals surface area contributed by atoms with Crippen LogP contribution in [-0.2, 0) is 6.54 Å². The Kier molecular flexibility index (Phi) is 12.0. The maximum Gasteiger partial charge on any atom is 0.220 e. The van der Waals surface area contributed by atoms with Gasteiger partial charge in [0.1, 0.15) is 5.82 Å². The van der Waals surface area contributed by atoms with E-state index in [0.717, 1.165) is 84.4 Å². The highest BCUT2D eigenvalue weighted by molar-refractivity contribution is 6.31. The fourth-order valence-corrected chi connectivity index (χ4v) is 4.77. The van der Waals surface area contributed by atoms with Crippen molar-refractivity contribution < 1.29 is 0 Å². The molecular formula is C32H43ClN6. The molecule has 39 heavy (non-hydrogen) atoms. The molecule has 0 saturated carbocycles. The van der Waals surface area contributed by atoms with E-state index in [2.05, 4.69) is 52.4 Å². The van der Waals surface area contributed by atoms with Gasteiger partial charge in [0.05, 0.1) is 17.1 Å². The predicted molar refractivity (Wildman–Crippen MR) is 169 cm³/mol. The van der Waals surface area contributed by atoms with Crippen LogP contribution in [0, 0.1) is 6.92 Å². The van der Waals surface area contributed by atoms with Gasteiger partial charge in [0.2, 0.25) is 5.96 Å². The van der Waals surface area contributed by atoms with E-state index in [1.807, 2.05) is 50.3 Å². The third kappa shape index (κ3) is 8.38. The molecule has 3 N–H and O–H groups in total. The molecule has 2 aromatic rings. The third-order valence-electron chi connectivity index (χ3n) is 6.80. The maximum atomic E-state index is 6.48. The first-order valence-electron chi connectivity index (χ1n) is 14.0.